The van der Waals surface area contributed by atoms with Gasteiger partial charge in [-0.2, -0.15) is 0 Å². The van der Waals surface area contributed by atoms with Crippen LogP contribution in [0.4, 0.5) is 0 Å². The summed E-state index contributed by atoms with van der Waals surface area (Å²) in [5, 5.41) is 4.61. The number of ether oxygens (including phenoxy) is 4. The molecule has 0 bridgehead atoms. The molecule has 0 spiro atoms. The average molecular weight is 391 g/mol. The van der Waals surface area contributed by atoms with E-state index in [2.05, 4.69) is 5.32 Å². The zero-order chi connectivity index (χ0) is 19.6. The molecular weight excluding hydrogens is 370 g/mol. The zero-order valence-electron chi connectivity index (χ0n) is 15.3. The molecule has 144 valence electrons. The van der Waals surface area contributed by atoms with Crippen molar-refractivity contribution in [1.29, 1.82) is 0 Å². The molecule has 1 N–H and O–H groups in total. The molecule has 7 nitrogen and oxygen atoms in total. The number of amides is 1. The topological polar surface area (TPSA) is 83.1 Å². The predicted octanol–water partition coefficient (Wildman–Crippen LogP) is 2.65. The molecule has 0 aliphatic rings. The summed E-state index contributed by atoms with van der Waals surface area (Å²) < 4.78 is 20.7. The number of hydrogen-bond acceptors (Lipinski definition) is 7. The number of hydrogen-bond donors (Lipinski definition) is 1. The molecule has 0 aliphatic carbocycles. The lowest BCUT2D eigenvalue weighted by molar-refractivity contribution is -0.143. The van der Waals surface area contributed by atoms with E-state index >= 15 is 0 Å². The molecule has 1 amide bonds. The maximum atomic E-state index is 11.8. The van der Waals surface area contributed by atoms with E-state index in [0.29, 0.717) is 29.4 Å². The van der Waals surface area contributed by atoms with Gasteiger partial charge >= 0.3 is 5.97 Å². The number of thiophene rings is 1. The van der Waals surface area contributed by atoms with E-state index in [1.807, 2.05) is 17.5 Å². The van der Waals surface area contributed by atoms with E-state index in [0.717, 1.165) is 4.88 Å². The molecular formula is C19H21NO6S. The summed E-state index contributed by atoms with van der Waals surface area (Å²) in [5.74, 6) is 0.508. The second-order valence-electron chi connectivity index (χ2n) is 5.25. The summed E-state index contributed by atoms with van der Waals surface area (Å²) in [6, 6.07) is 7.15. The van der Waals surface area contributed by atoms with Crippen LogP contribution in [0.15, 0.2) is 35.7 Å². The average Bonchev–Trinajstić information content (AvgIpc) is 3.21. The number of nitrogens with one attached hydrogen (secondary N) is 1. The zero-order valence-corrected chi connectivity index (χ0v) is 16.1. The Hall–Kier alpha value is -3.00. The highest BCUT2D eigenvalue weighted by Crippen LogP contribution is 2.35. The van der Waals surface area contributed by atoms with Crippen LogP contribution in [0.3, 0.4) is 0 Å². The van der Waals surface area contributed by atoms with E-state index in [1.165, 1.54) is 44.8 Å². The molecule has 0 radical (unpaired) electrons. The fourth-order valence-electron chi connectivity index (χ4n) is 2.18. The summed E-state index contributed by atoms with van der Waals surface area (Å²) in [6.45, 7) is 0.0599. The Morgan fingerprint density at radius 3 is 2.41 bits per heavy atom. The Balaban J connectivity index is 1.90. The molecule has 0 aliphatic heterocycles. The van der Waals surface area contributed by atoms with Crippen LogP contribution in [0.2, 0.25) is 0 Å². The Labute approximate surface area is 161 Å². The lowest BCUT2D eigenvalue weighted by Crippen LogP contribution is -2.27. The molecule has 1 aromatic carbocycles. The van der Waals surface area contributed by atoms with Gasteiger partial charge in [-0.25, -0.2) is 4.79 Å². The van der Waals surface area contributed by atoms with E-state index in [4.69, 9.17) is 18.9 Å². The SMILES string of the molecule is COc1cc(OC)c(OC)cc1/C=C/C(=O)OCC(=O)NCc1cccs1. The van der Waals surface area contributed by atoms with Crippen molar-refractivity contribution in [3.8, 4) is 17.2 Å². The van der Waals surface area contributed by atoms with Crippen LogP contribution < -0.4 is 19.5 Å². The monoisotopic (exact) mass is 391 g/mol. The minimum absolute atomic E-state index is 0.350. The van der Waals surface area contributed by atoms with Gasteiger partial charge in [0.15, 0.2) is 18.1 Å². The molecule has 2 aromatic rings. The number of carbonyl (C=O) groups is 2. The van der Waals surface area contributed by atoms with Crippen LogP contribution in [0, 0.1) is 0 Å². The van der Waals surface area contributed by atoms with Crippen LogP contribution in [0.1, 0.15) is 10.4 Å². The first-order valence-corrected chi connectivity index (χ1v) is 8.89. The van der Waals surface area contributed by atoms with Crippen molar-refractivity contribution in [3.05, 3.63) is 46.2 Å². The van der Waals surface area contributed by atoms with Crippen LogP contribution in [-0.4, -0.2) is 39.8 Å². The van der Waals surface area contributed by atoms with Crippen molar-refractivity contribution in [2.75, 3.05) is 27.9 Å². The first-order chi connectivity index (χ1) is 13.1. The first kappa shape index (κ1) is 20.3. The fourth-order valence-corrected chi connectivity index (χ4v) is 2.82. The van der Waals surface area contributed by atoms with Crippen LogP contribution in [0.25, 0.3) is 6.08 Å². The Bertz CT molecular complexity index is 801. The number of carbonyl (C=O) groups excluding carboxylic acids is 2. The van der Waals surface area contributed by atoms with Gasteiger partial charge in [-0.1, -0.05) is 6.07 Å². The van der Waals surface area contributed by atoms with Gasteiger partial charge in [-0.3, -0.25) is 4.79 Å². The molecule has 0 fully saturated rings. The van der Waals surface area contributed by atoms with Gasteiger partial charge in [0.25, 0.3) is 5.91 Å². The molecule has 0 saturated heterocycles. The van der Waals surface area contributed by atoms with Crippen molar-refractivity contribution in [3.63, 3.8) is 0 Å². The largest absolute Gasteiger partial charge is 0.496 e. The fraction of sp³-hybridized carbons (Fsp3) is 0.263. The molecule has 0 saturated carbocycles. The highest BCUT2D eigenvalue weighted by atomic mass is 32.1. The van der Waals surface area contributed by atoms with Crippen molar-refractivity contribution < 1.29 is 28.5 Å². The molecule has 1 heterocycles. The third kappa shape index (κ3) is 6.03. The number of benzene rings is 1. The lowest BCUT2D eigenvalue weighted by atomic mass is 10.1. The normalized spacial score (nSPS) is 10.5. The van der Waals surface area contributed by atoms with E-state index < -0.39 is 5.97 Å². The second-order valence-corrected chi connectivity index (χ2v) is 6.28. The highest BCUT2D eigenvalue weighted by Gasteiger charge is 2.11. The Morgan fingerprint density at radius 2 is 1.78 bits per heavy atom. The third-order valence-electron chi connectivity index (χ3n) is 3.52. The first-order valence-electron chi connectivity index (χ1n) is 8.01. The molecule has 0 atom stereocenters. The highest BCUT2D eigenvalue weighted by molar-refractivity contribution is 7.09. The Morgan fingerprint density at radius 1 is 1.07 bits per heavy atom. The number of methoxy groups -OCH3 is 3. The van der Waals surface area contributed by atoms with E-state index in [-0.39, 0.29) is 12.5 Å². The lowest BCUT2D eigenvalue weighted by Gasteiger charge is -2.12. The van der Waals surface area contributed by atoms with Gasteiger partial charge in [0, 0.05) is 22.6 Å². The number of esters is 1. The van der Waals surface area contributed by atoms with E-state index in [1.54, 1.807) is 12.1 Å². The summed E-state index contributed by atoms with van der Waals surface area (Å²) in [4.78, 5) is 24.6. The van der Waals surface area contributed by atoms with Gasteiger partial charge in [0.1, 0.15) is 5.75 Å². The van der Waals surface area contributed by atoms with Crippen LogP contribution >= 0.6 is 11.3 Å². The van der Waals surface area contributed by atoms with Gasteiger partial charge in [-0.15, -0.1) is 11.3 Å². The van der Waals surface area contributed by atoms with Gasteiger partial charge in [0.05, 0.1) is 27.9 Å². The summed E-state index contributed by atoms with van der Waals surface area (Å²) in [5.41, 5.74) is 0.606. The molecule has 1 aromatic heterocycles. The summed E-state index contributed by atoms with van der Waals surface area (Å²) >= 11 is 1.54. The molecule has 8 heteroatoms. The van der Waals surface area contributed by atoms with Crippen LogP contribution in [-0.2, 0) is 20.9 Å². The third-order valence-corrected chi connectivity index (χ3v) is 4.40. The predicted molar refractivity (Wildman–Crippen MR) is 102 cm³/mol. The summed E-state index contributed by atoms with van der Waals surface area (Å²) in [7, 11) is 4.55. The summed E-state index contributed by atoms with van der Waals surface area (Å²) in [6.07, 6.45) is 2.74. The van der Waals surface area contributed by atoms with Gasteiger partial charge < -0.3 is 24.3 Å². The minimum atomic E-state index is -0.641. The molecule has 0 unspecified atom stereocenters. The van der Waals surface area contributed by atoms with Gasteiger partial charge in [-0.05, 0) is 23.6 Å². The smallest absolute Gasteiger partial charge is 0.331 e. The molecule has 27 heavy (non-hydrogen) atoms. The van der Waals surface area contributed by atoms with Crippen LogP contribution in [0.5, 0.6) is 17.2 Å². The maximum absolute atomic E-state index is 11.8. The second kappa shape index (κ2) is 10.2. The Kier molecular flexibility index (Phi) is 7.69. The van der Waals surface area contributed by atoms with Crippen molar-refractivity contribution in [2.45, 2.75) is 6.54 Å². The van der Waals surface area contributed by atoms with Crippen molar-refractivity contribution in [1.82, 2.24) is 5.32 Å². The van der Waals surface area contributed by atoms with E-state index in [9.17, 15) is 9.59 Å². The maximum Gasteiger partial charge on any atom is 0.331 e. The van der Waals surface area contributed by atoms with Gasteiger partial charge in [0.2, 0.25) is 0 Å². The number of rotatable bonds is 9. The van der Waals surface area contributed by atoms with Crippen molar-refractivity contribution in [2.24, 2.45) is 0 Å². The minimum Gasteiger partial charge on any atom is -0.496 e. The molecule has 2 rings (SSSR count). The quantitative estimate of drug-likeness (QED) is 0.523. The van der Waals surface area contributed by atoms with Crippen molar-refractivity contribution >= 4 is 29.3 Å². The standard InChI is InChI=1S/C19H21NO6S/c1-23-15-10-17(25-3)16(24-2)9-13(15)6-7-19(22)26-12-18(21)20-11-14-5-4-8-27-14/h4-10H,11-12H2,1-3H3,(H,20,21)/b7-6+.